The van der Waals surface area contributed by atoms with Crippen molar-refractivity contribution in [3.8, 4) is 16.2 Å². The van der Waals surface area contributed by atoms with E-state index < -0.39 is 18.5 Å². The van der Waals surface area contributed by atoms with Crippen LogP contribution in [0.4, 0.5) is 5.69 Å². The number of benzene rings is 2. The summed E-state index contributed by atoms with van der Waals surface area (Å²) in [4.78, 5) is 37.1. The number of amides is 1. The molecule has 0 fully saturated rings. The van der Waals surface area contributed by atoms with Crippen molar-refractivity contribution >= 4 is 34.7 Å². The molecule has 0 aliphatic carbocycles. The van der Waals surface area contributed by atoms with Gasteiger partial charge in [-0.15, -0.1) is 11.3 Å². The van der Waals surface area contributed by atoms with Crippen molar-refractivity contribution in [2.24, 2.45) is 0 Å². The molecule has 1 aliphatic heterocycles. The fourth-order valence-electron chi connectivity index (χ4n) is 2.99. The molecule has 6 nitrogen and oxygen atoms in total. The van der Waals surface area contributed by atoms with E-state index in [2.05, 4.69) is 5.32 Å². The normalized spacial score (nSPS) is 11.6. The number of carbonyl (C=O) groups excluding carboxylic acids is 3. The minimum absolute atomic E-state index is 0.0523. The van der Waals surface area contributed by atoms with Crippen molar-refractivity contribution in [2.45, 2.75) is 13.5 Å². The van der Waals surface area contributed by atoms with Gasteiger partial charge in [0.05, 0.1) is 0 Å². The number of Topliss-reactive ketones (excluding diaryl/α,β-unsaturated/α-hetero) is 1. The summed E-state index contributed by atoms with van der Waals surface area (Å²) in [7, 11) is 0. The van der Waals surface area contributed by atoms with Crippen molar-refractivity contribution in [3.63, 3.8) is 0 Å². The Morgan fingerprint density at radius 2 is 1.86 bits per heavy atom. The SMILES string of the molecule is CC(=O)c1ccc(NC(=O)COC(=O)c2cc3c(s2)-c2ccccc2OC3)cc1. The van der Waals surface area contributed by atoms with Crippen molar-refractivity contribution in [1.82, 2.24) is 0 Å². The van der Waals surface area contributed by atoms with Crippen molar-refractivity contribution in [1.29, 1.82) is 0 Å². The lowest BCUT2D eigenvalue weighted by Crippen LogP contribution is -2.20. The molecule has 146 valence electrons. The molecule has 29 heavy (non-hydrogen) atoms. The highest BCUT2D eigenvalue weighted by Crippen LogP contribution is 2.42. The van der Waals surface area contributed by atoms with Crippen LogP contribution in [0.25, 0.3) is 10.4 Å². The predicted molar refractivity (Wildman–Crippen MR) is 109 cm³/mol. The molecule has 0 atom stereocenters. The molecular weight excluding hydrogens is 390 g/mol. The number of rotatable bonds is 5. The number of thiophene rings is 1. The average Bonchev–Trinajstić information content (AvgIpc) is 3.17. The molecule has 1 aromatic heterocycles. The first-order valence-corrected chi connectivity index (χ1v) is 9.76. The monoisotopic (exact) mass is 407 g/mol. The van der Waals surface area contributed by atoms with Crippen LogP contribution in [0, 0.1) is 0 Å². The van der Waals surface area contributed by atoms with E-state index in [4.69, 9.17) is 9.47 Å². The van der Waals surface area contributed by atoms with E-state index in [0.29, 0.717) is 22.7 Å². The van der Waals surface area contributed by atoms with Crippen LogP contribution in [-0.4, -0.2) is 24.3 Å². The number of hydrogen-bond donors (Lipinski definition) is 1. The molecule has 2 heterocycles. The van der Waals surface area contributed by atoms with Crippen LogP contribution in [0.2, 0.25) is 0 Å². The third kappa shape index (κ3) is 4.05. The second-order valence-corrected chi connectivity index (χ2v) is 7.56. The molecule has 0 radical (unpaired) electrons. The van der Waals surface area contributed by atoms with Gasteiger partial charge in [0, 0.05) is 27.3 Å². The Morgan fingerprint density at radius 1 is 1.10 bits per heavy atom. The van der Waals surface area contributed by atoms with Gasteiger partial charge in [-0.2, -0.15) is 0 Å². The van der Waals surface area contributed by atoms with Crippen LogP contribution in [0.1, 0.15) is 32.5 Å². The van der Waals surface area contributed by atoms with Gasteiger partial charge >= 0.3 is 5.97 Å². The van der Waals surface area contributed by atoms with E-state index in [1.165, 1.54) is 18.3 Å². The van der Waals surface area contributed by atoms with E-state index in [9.17, 15) is 14.4 Å². The third-order valence-corrected chi connectivity index (χ3v) is 5.63. The zero-order valence-corrected chi connectivity index (χ0v) is 16.4. The Labute approximate surface area is 171 Å². The van der Waals surface area contributed by atoms with E-state index in [-0.39, 0.29) is 5.78 Å². The third-order valence-electron chi connectivity index (χ3n) is 4.43. The lowest BCUT2D eigenvalue weighted by atomic mass is 10.1. The summed E-state index contributed by atoms with van der Waals surface area (Å²) in [6, 6.07) is 15.9. The van der Waals surface area contributed by atoms with Gasteiger partial charge in [-0.25, -0.2) is 4.79 Å². The summed E-state index contributed by atoms with van der Waals surface area (Å²) in [5.41, 5.74) is 2.96. The van der Waals surface area contributed by atoms with E-state index in [0.717, 1.165) is 21.8 Å². The first-order valence-electron chi connectivity index (χ1n) is 8.94. The number of para-hydroxylation sites is 1. The van der Waals surface area contributed by atoms with Gasteiger partial charge in [0.25, 0.3) is 5.91 Å². The molecule has 1 N–H and O–H groups in total. The van der Waals surface area contributed by atoms with Crippen LogP contribution in [0.15, 0.2) is 54.6 Å². The number of ether oxygens (including phenoxy) is 2. The number of nitrogens with one attached hydrogen (secondary N) is 1. The van der Waals surface area contributed by atoms with E-state index in [1.807, 2.05) is 24.3 Å². The van der Waals surface area contributed by atoms with Crippen molar-refractivity contribution < 1.29 is 23.9 Å². The molecular formula is C22H17NO5S. The second kappa shape index (κ2) is 7.89. The highest BCUT2D eigenvalue weighted by atomic mass is 32.1. The summed E-state index contributed by atoms with van der Waals surface area (Å²) >= 11 is 1.33. The molecule has 0 spiro atoms. The van der Waals surface area contributed by atoms with Gasteiger partial charge in [-0.3, -0.25) is 9.59 Å². The van der Waals surface area contributed by atoms with Gasteiger partial charge in [0.1, 0.15) is 17.2 Å². The molecule has 1 aliphatic rings. The number of anilines is 1. The van der Waals surface area contributed by atoms with Crippen molar-refractivity contribution in [3.05, 3.63) is 70.6 Å². The van der Waals surface area contributed by atoms with Crippen LogP contribution < -0.4 is 10.1 Å². The molecule has 0 bridgehead atoms. The highest BCUT2D eigenvalue weighted by Gasteiger charge is 2.23. The largest absolute Gasteiger partial charge is 0.488 e. The molecule has 7 heteroatoms. The van der Waals surface area contributed by atoms with E-state index >= 15 is 0 Å². The number of fused-ring (bicyclic) bond motifs is 3. The Morgan fingerprint density at radius 3 is 2.62 bits per heavy atom. The summed E-state index contributed by atoms with van der Waals surface area (Å²) < 4.78 is 10.9. The van der Waals surface area contributed by atoms with Gasteiger partial charge in [0.2, 0.25) is 0 Å². The van der Waals surface area contributed by atoms with Crippen molar-refractivity contribution in [2.75, 3.05) is 11.9 Å². The molecule has 2 aromatic carbocycles. The number of ketones is 1. The van der Waals surface area contributed by atoms with E-state index in [1.54, 1.807) is 30.3 Å². The molecule has 3 aromatic rings. The summed E-state index contributed by atoms with van der Waals surface area (Å²) in [6.07, 6.45) is 0. The standard InChI is InChI=1S/C22H17NO5S/c1-13(24)14-6-8-16(9-7-14)23-20(25)12-28-22(26)19-10-15-11-27-18-5-3-2-4-17(18)21(15)29-19/h2-10H,11-12H2,1H3,(H,23,25). The average molecular weight is 407 g/mol. The first kappa shape index (κ1) is 18.9. The minimum atomic E-state index is -0.552. The van der Waals surface area contributed by atoms with Gasteiger partial charge in [-0.05, 0) is 49.4 Å². The molecule has 0 saturated carbocycles. The Bertz CT molecular complexity index is 1100. The lowest BCUT2D eigenvalue weighted by Gasteiger charge is -2.16. The fraction of sp³-hybridized carbons (Fsp3) is 0.136. The highest BCUT2D eigenvalue weighted by molar-refractivity contribution is 7.17. The Hall–Kier alpha value is -3.45. The van der Waals surface area contributed by atoms with Gasteiger partial charge < -0.3 is 14.8 Å². The number of hydrogen-bond acceptors (Lipinski definition) is 6. The molecule has 4 rings (SSSR count). The first-order chi connectivity index (χ1) is 14.0. The Kier molecular flexibility index (Phi) is 5.14. The zero-order chi connectivity index (χ0) is 20.4. The number of esters is 1. The topological polar surface area (TPSA) is 81.7 Å². The Balaban J connectivity index is 1.37. The van der Waals surface area contributed by atoms with Gasteiger partial charge in [-0.1, -0.05) is 12.1 Å². The fourth-order valence-corrected chi connectivity index (χ4v) is 4.08. The summed E-state index contributed by atoms with van der Waals surface area (Å²) in [5, 5.41) is 2.63. The van der Waals surface area contributed by atoms with Gasteiger partial charge in [0.15, 0.2) is 12.4 Å². The quantitative estimate of drug-likeness (QED) is 0.504. The minimum Gasteiger partial charge on any atom is -0.488 e. The van der Waals surface area contributed by atoms with Crippen LogP contribution in [-0.2, 0) is 16.1 Å². The smallest absolute Gasteiger partial charge is 0.348 e. The molecule has 0 unspecified atom stereocenters. The lowest BCUT2D eigenvalue weighted by molar-refractivity contribution is -0.119. The maximum Gasteiger partial charge on any atom is 0.348 e. The summed E-state index contributed by atoms with van der Waals surface area (Å²) in [6.45, 7) is 1.47. The zero-order valence-electron chi connectivity index (χ0n) is 15.6. The molecule has 0 saturated heterocycles. The maximum absolute atomic E-state index is 12.4. The van der Waals surface area contributed by atoms with Crippen LogP contribution in [0.3, 0.4) is 0 Å². The molecule has 1 amide bonds. The van der Waals surface area contributed by atoms with Crippen LogP contribution in [0.5, 0.6) is 5.75 Å². The summed E-state index contributed by atoms with van der Waals surface area (Å²) in [5.74, 6) is -0.270. The number of carbonyl (C=O) groups is 3. The second-order valence-electron chi connectivity index (χ2n) is 6.51. The maximum atomic E-state index is 12.4. The van der Waals surface area contributed by atoms with Crippen LogP contribution >= 0.6 is 11.3 Å². The predicted octanol–water partition coefficient (Wildman–Crippen LogP) is 4.31.